The summed E-state index contributed by atoms with van der Waals surface area (Å²) in [5.41, 5.74) is 3.97. The van der Waals surface area contributed by atoms with Crippen LogP contribution in [0.4, 0.5) is 0 Å². The minimum atomic E-state index is -4.45. The Balaban J connectivity index is 4.56. The Morgan fingerprint density at radius 2 is 1.53 bits per heavy atom. The molecule has 0 amide bonds. The van der Waals surface area contributed by atoms with Crippen molar-refractivity contribution < 1.29 is 27.0 Å². The van der Waals surface area contributed by atoms with Gasteiger partial charge >= 0.3 is 24.0 Å². The molecule has 3 unspecified atom stereocenters. The van der Waals surface area contributed by atoms with Gasteiger partial charge in [-0.2, -0.15) is 8.42 Å². The normalized spacial score (nSPS) is 15.6. The van der Waals surface area contributed by atoms with E-state index in [0.29, 0.717) is 12.8 Å². The zero-order valence-electron chi connectivity index (χ0n) is 19.4. The molecule has 1 N–H and O–H groups in total. The maximum absolute atomic E-state index is 12.5. The third-order valence-corrected chi connectivity index (χ3v) is 8.56. The van der Waals surface area contributed by atoms with Gasteiger partial charge in [-0.05, 0) is 73.1 Å². The van der Waals surface area contributed by atoms with E-state index in [0.717, 1.165) is 25.7 Å². The van der Waals surface area contributed by atoms with Gasteiger partial charge in [0.2, 0.25) is 0 Å². The first-order valence-corrected chi connectivity index (χ1v) is 13.4. The molecule has 6 nitrogen and oxygen atoms in total. The van der Waals surface area contributed by atoms with Crippen molar-refractivity contribution >= 4 is 17.9 Å². The molecule has 3 atom stereocenters. The van der Waals surface area contributed by atoms with Crippen LogP contribution in [0.5, 0.6) is 0 Å². The molecule has 0 fully saturated rings. The molecule has 0 radical (unpaired) electrons. The van der Waals surface area contributed by atoms with Crippen LogP contribution in [-0.2, 0) is 24.2 Å². The quantitative estimate of drug-likeness (QED) is 0.0914. The van der Waals surface area contributed by atoms with Gasteiger partial charge in [0.25, 0.3) is 4.99 Å². The van der Waals surface area contributed by atoms with E-state index in [-0.39, 0.29) is 13.0 Å². The van der Waals surface area contributed by atoms with Crippen molar-refractivity contribution in [2.24, 2.45) is 0 Å². The van der Waals surface area contributed by atoms with Crippen molar-refractivity contribution in [2.45, 2.75) is 90.6 Å². The molecule has 0 aliphatic heterocycles. The highest BCUT2D eigenvalue weighted by Gasteiger charge is 2.47. The summed E-state index contributed by atoms with van der Waals surface area (Å²) in [6, 6.07) is -1.14. The molecule has 0 aromatic rings. The first-order valence-electron chi connectivity index (χ1n) is 10.5. The van der Waals surface area contributed by atoms with Gasteiger partial charge < -0.3 is 9.47 Å². The van der Waals surface area contributed by atoms with E-state index in [1.54, 1.807) is 6.92 Å². The maximum Gasteiger partial charge on any atom is 0.423 e. The second-order valence-electron chi connectivity index (χ2n) is 7.72. The Hall–Kier alpha value is -0.850. The molecule has 0 rings (SSSR count). The second-order valence-corrected chi connectivity index (χ2v) is 11.4. The van der Waals surface area contributed by atoms with Gasteiger partial charge in [0.1, 0.15) is 0 Å². The minimum absolute atomic E-state index is 0.0914. The van der Waals surface area contributed by atoms with Crippen molar-refractivity contribution in [3.05, 3.63) is 34.9 Å². The van der Waals surface area contributed by atoms with E-state index in [4.69, 9.17) is 9.47 Å². The predicted octanol–water partition coefficient (Wildman–Crippen LogP) is 6.58. The summed E-state index contributed by atoms with van der Waals surface area (Å²) in [7, 11) is -5.57. The van der Waals surface area contributed by atoms with Gasteiger partial charge in [-0.1, -0.05) is 39.5 Å². The number of hydrogen-bond donors (Lipinski definition) is 1. The lowest BCUT2D eigenvalue weighted by Crippen LogP contribution is -2.23. The third-order valence-electron chi connectivity index (χ3n) is 4.62. The fourth-order valence-electron chi connectivity index (χ4n) is 2.91. The molecule has 0 saturated heterocycles. The summed E-state index contributed by atoms with van der Waals surface area (Å²) in [5, 5.41) is 0. The highest BCUT2D eigenvalue weighted by atomic mass is 32.2. The minimum Gasteiger partial charge on any atom is -0.316 e. The molecule has 174 valence electrons. The van der Waals surface area contributed by atoms with Gasteiger partial charge in [-0.15, -0.1) is 0 Å². The van der Waals surface area contributed by atoms with Crippen molar-refractivity contribution in [1.29, 1.82) is 0 Å². The Morgan fingerprint density at radius 1 is 1.00 bits per heavy atom. The van der Waals surface area contributed by atoms with Gasteiger partial charge in [0.15, 0.2) is 0 Å². The largest absolute Gasteiger partial charge is 0.423 e. The molecular weight excluding hydrogens is 423 g/mol. The number of rotatable bonds is 16. The molecule has 0 aromatic heterocycles. The van der Waals surface area contributed by atoms with Crippen LogP contribution in [0.2, 0.25) is 0 Å². The molecule has 0 aliphatic rings. The Kier molecular flexibility index (Phi) is 15.4. The van der Waals surface area contributed by atoms with Crippen LogP contribution in [0.25, 0.3) is 0 Å². The zero-order chi connectivity index (χ0) is 23.2. The van der Waals surface area contributed by atoms with Crippen molar-refractivity contribution in [3.63, 3.8) is 0 Å². The van der Waals surface area contributed by atoms with Gasteiger partial charge in [0.05, 0.1) is 6.61 Å². The van der Waals surface area contributed by atoms with Crippen LogP contribution >= 0.6 is 7.80 Å². The van der Waals surface area contributed by atoms with Crippen LogP contribution in [-0.4, -0.2) is 37.7 Å². The molecule has 0 saturated carbocycles. The summed E-state index contributed by atoms with van der Waals surface area (Å²) in [5.74, 6) is 0. The SMILES string of the molecule is CCOC(OC)[P+](=O)C(CCC/C=C(\C)CC/C=C(\C)CCC=C(C)C)S(=O)(=O)O. The standard InChI is InChI=1S/C22H39O6PS/c1-7-28-22(27-6)29(23)21(30(24,25)26)17-9-8-13-19(4)15-11-16-20(5)14-10-12-18(2)3/h12-13,16,21-22H,7-11,14-15,17H2,1-6H3/p+1/b19-13+,20-16+. The van der Waals surface area contributed by atoms with Gasteiger partial charge in [-0.25, -0.2) is 0 Å². The monoisotopic (exact) mass is 463 g/mol. The summed E-state index contributed by atoms with van der Waals surface area (Å²) in [6.45, 7) is 10.4. The summed E-state index contributed by atoms with van der Waals surface area (Å²) in [4.78, 5) is -1.39. The van der Waals surface area contributed by atoms with Crippen molar-refractivity contribution in [2.75, 3.05) is 13.7 Å². The Morgan fingerprint density at radius 3 is 2.00 bits per heavy atom. The van der Waals surface area contributed by atoms with E-state index >= 15 is 0 Å². The summed E-state index contributed by atoms with van der Waals surface area (Å²) in [6.07, 6.45) is 11.9. The van der Waals surface area contributed by atoms with E-state index in [9.17, 15) is 17.5 Å². The first-order chi connectivity index (χ1) is 14.0. The van der Waals surface area contributed by atoms with Gasteiger partial charge in [0, 0.05) is 13.5 Å². The fourth-order valence-corrected chi connectivity index (χ4v) is 5.94. The lowest BCUT2D eigenvalue weighted by atomic mass is 10.1. The smallest absolute Gasteiger partial charge is 0.316 e. The maximum atomic E-state index is 12.5. The Bertz CT molecular complexity index is 705. The van der Waals surface area contributed by atoms with Crippen LogP contribution in [0.15, 0.2) is 34.9 Å². The number of hydrogen-bond acceptors (Lipinski definition) is 5. The summed E-state index contributed by atoms with van der Waals surface area (Å²) < 4.78 is 55.5. The van der Waals surface area contributed by atoms with Crippen LogP contribution < -0.4 is 0 Å². The van der Waals surface area contributed by atoms with Crippen molar-refractivity contribution in [1.82, 2.24) is 0 Å². The fraction of sp³-hybridized carbons (Fsp3) is 0.727. The van der Waals surface area contributed by atoms with E-state index in [1.165, 1.54) is 23.8 Å². The topological polar surface area (TPSA) is 89.9 Å². The molecule has 0 bridgehead atoms. The number of allylic oxidation sites excluding steroid dienone is 6. The molecule has 0 spiro atoms. The molecule has 0 aromatic carbocycles. The lowest BCUT2D eigenvalue weighted by Gasteiger charge is -2.10. The molecule has 0 heterocycles. The summed E-state index contributed by atoms with van der Waals surface area (Å²) >= 11 is 0. The average Bonchev–Trinajstić information content (AvgIpc) is 2.64. The zero-order valence-corrected chi connectivity index (χ0v) is 21.1. The van der Waals surface area contributed by atoms with Crippen LogP contribution in [0.3, 0.4) is 0 Å². The molecule has 0 aliphatic carbocycles. The van der Waals surface area contributed by atoms with E-state index in [1.807, 2.05) is 0 Å². The molecule has 30 heavy (non-hydrogen) atoms. The first kappa shape index (κ1) is 29.1. The van der Waals surface area contributed by atoms with Crippen LogP contribution in [0.1, 0.15) is 79.6 Å². The highest BCUT2D eigenvalue weighted by molar-refractivity contribution is 7.92. The average molecular weight is 464 g/mol. The van der Waals surface area contributed by atoms with Gasteiger partial charge in [-0.3, -0.25) is 4.55 Å². The van der Waals surface area contributed by atoms with Crippen molar-refractivity contribution in [3.8, 4) is 0 Å². The molecule has 8 heteroatoms. The number of methoxy groups -OCH3 is 1. The van der Waals surface area contributed by atoms with Crippen LogP contribution in [0, 0.1) is 0 Å². The number of unbranched alkanes of at least 4 members (excludes halogenated alkanes) is 1. The third kappa shape index (κ3) is 13.5. The Labute approximate surface area is 184 Å². The van der Waals surface area contributed by atoms with E-state index in [2.05, 4.69) is 45.9 Å². The molecular formula is C22H40O6PS+. The second kappa shape index (κ2) is 15.9. The predicted molar refractivity (Wildman–Crippen MR) is 125 cm³/mol. The lowest BCUT2D eigenvalue weighted by molar-refractivity contribution is -0.0617. The highest BCUT2D eigenvalue weighted by Crippen LogP contribution is 2.40. The van der Waals surface area contributed by atoms with E-state index < -0.39 is 28.9 Å². The number of ether oxygens (including phenoxy) is 2.